The Morgan fingerprint density at radius 3 is 1.87 bits per heavy atom. The number of ether oxygens (including phenoxy) is 4. The van der Waals surface area contributed by atoms with Crippen LogP contribution in [0.2, 0.25) is 0 Å². The van der Waals surface area contributed by atoms with Gasteiger partial charge in [0.15, 0.2) is 11.5 Å². The van der Waals surface area contributed by atoms with E-state index in [2.05, 4.69) is 5.32 Å². The normalized spacial score (nSPS) is 14.5. The minimum absolute atomic E-state index is 0.00494. The SMILES string of the molecule is CCCCOC(=O)O[C@](Cc1ccc(OC(=O)C(C)C(C)C)c(OC(=O)C(C)C(C)C)c1)(NC(C)C)C(=O)O. The van der Waals surface area contributed by atoms with Gasteiger partial charge in [0.05, 0.1) is 18.4 Å². The summed E-state index contributed by atoms with van der Waals surface area (Å²) in [7, 11) is 0. The summed E-state index contributed by atoms with van der Waals surface area (Å²) >= 11 is 0. The van der Waals surface area contributed by atoms with Gasteiger partial charge >= 0.3 is 24.1 Å². The van der Waals surface area contributed by atoms with Gasteiger partial charge in [-0.1, -0.05) is 61.0 Å². The van der Waals surface area contributed by atoms with Gasteiger partial charge in [0, 0.05) is 12.5 Å². The molecular formula is C29H45NO9. The molecule has 1 aromatic carbocycles. The predicted octanol–water partition coefficient (Wildman–Crippen LogP) is 5.36. The number of hydrogen-bond acceptors (Lipinski definition) is 9. The molecule has 0 spiro atoms. The highest BCUT2D eigenvalue weighted by Gasteiger charge is 2.44. The maximum absolute atomic E-state index is 12.8. The Bertz CT molecular complexity index is 989. The summed E-state index contributed by atoms with van der Waals surface area (Å²) in [5.74, 6) is -3.31. The highest BCUT2D eigenvalue weighted by Crippen LogP contribution is 2.33. The number of carboxylic acid groups (broad SMARTS) is 1. The molecule has 39 heavy (non-hydrogen) atoms. The summed E-state index contributed by atoms with van der Waals surface area (Å²) in [6.45, 7) is 16.4. The second kappa shape index (κ2) is 15.5. The highest BCUT2D eigenvalue weighted by atomic mass is 16.7. The van der Waals surface area contributed by atoms with Crippen molar-refractivity contribution in [2.45, 2.75) is 93.3 Å². The summed E-state index contributed by atoms with van der Waals surface area (Å²) in [5, 5.41) is 13.0. The fraction of sp³-hybridized carbons (Fsp3) is 0.655. The lowest BCUT2D eigenvalue weighted by Gasteiger charge is -2.32. The fourth-order valence-corrected chi connectivity index (χ4v) is 3.30. The molecule has 0 bridgehead atoms. The summed E-state index contributed by atoms with van der Waals surface area (Å²) in [6.07, 6.45) is -0.0636. The molecule has 0 saturated carbocycles. The van der Waals surface area contributed by atoms with Crippen molar-refractivity contribution in [2.24, 2.45) is 23.7 Å². The maximum atomic E-state index is 12.8. The minimum atomic E-state index is -2.17. The largest absolute Gasteiger partial charge is 0.510 e. The number of esters is 2. The van der Waals surface area contributed by atoms with Gasteiger partial charge in [-0.2, -0.15) is 0 Å². The van der Waals surface area contributed by atoms with Crippen LogP contribution in [0.5, 0.6) is 11.5 Å². The number of carbonyl (C=O) groups excluding carboxylic acids is 3. The van der Waals surface area contributed by atoms with E-state index in [0.717, 1.165) is 6.42 Å². The molecule has 0 radical (unpaired) electrons. The molecule has 10 nitrogen and oxygen atoms in total. The van der Waals surface area contributed by atoms with E-state index in [1.54, 1.807) is 27.7 Å². The van der Waals surface area contributed by atoms with Crippen LogP contribution in [0.25, 0.3) is 0 Å². The molecular weight excluding hydrogens is 506 g/mol. The van der Waals surface area contributed by atoms with Crippen LogP contribution in [0.3, 0.4) is 0 Å². The second-order valence-corrected chi connectivity index (χ2v) is 10.9. The third-order valence-corrected chi connectivity index (χ3v) is 6.47. The first-order valence-electron chi connectivity index (χ1n) is 13.6. The van der Waals surface area contributed by atoms with Crippen molar-refractivity contribution in [1.82, 2.24) is 5.32 Å². The molecule has 3 atom stereocenters. The average Bonchev–Trinajstić information content (AvgIpc) is 2.83. The van der Waals surface area contributed by atoms with Gasteiger partial charge in [-0.3, -0.25) is 14.9 Å². The molecule has 220 valence electrons. The van der Waals surface area contributed by atoms with E-state index in [0.29, 0.717) is 12.0 Å². The Morgan fingerprint density at radius 2 is 1.41 bits per heavy atom. The van der Waals surface area contributed by atoms with Crippen LogP contribution in [0.15, 0.2) is 18.2 Å². The smallest absolute Gasteiger partial charge is 0.477 e. The van der Waals surface area contributed by atoms with Gasteiger partial charge in [0.2, 0.25) is 0 Å². The van der Waals surface area contributed by atoms with Crippen molar-refractivity contribution in [2.75, 3.05) is 6.61 Å². The molecule has 2 N–H and O–H groups in total. The molecule has 1 rings (SSSR count). The van der Waals surface area contributed by atoms with Gasteiger partial charge in [-0.05, 0) is 49.8 Å². The second-order valence-electron chi connectivity index (χ2n) is 10.9. The van der Waals surface area contributed by atoms with Crippen LogP contribution >= 0.6 is 0 Å². The molecule has 0 aliphatic rings. The molecule has 0 aliphatic heterocycles. The van der Waals surface area contributed by atoms with Crippen LogP contribution in [-0.2, 0) is 30.3 Å². The van der Waals surface area contributed by atoms with Gasteiger partial charge in [-0.25, -0.2) is 9.59 Å². The summed E-state index contributed by atoms with van der Waals surface area (Å²) in [5.41, 5.74) is -1.82. The first-order valence-corrected chi connectivity index (χ1v) is 13.6. The van der Waals surface area contributed by atoms with Gasteiger partial charge < -0.3 is 24.1 Å². The number of aliphatic carboxylic acids is 1. The predicted molar refractivity (Wildman–Crippen MR) is 145 cm³/mol. The average molecular weight is 552 g/mol. The van der Waals surface area contributed by atoms with E-state index in [4.69, 9.17) is 18.9 Å². The van der Waals surface area contributed by atoms with Gasteiger partial charge in [-0.15, -0.1) is 0 Å². The topological polar surface area (TPSA) is 137 Å². The van der Waals surface area contributed by atoms with E-state index in [-0.39, 0.29) is 42.4 Å². The van der Waals surface area contributed by atoms with Crippen molar-refractivity contribution < 1.29 is 43.2 Å². The van der Waals surface area contributed by atoms with Crippen LogP contribution in [0.1, 0.15) is 80.7 Å². The highest BCUT2D eigenvalue weighted by molar-refractivity contribution is 5.81. The molecule has 0 saturated heterocycles. The summed E-state index contributed by atoms with van der Waals surface area (Å²) < 4.78 is 21.6. The quantitative estimate of drug-likeness (QED) is 0.127. The Balaban J connectivity index is 3.47. The van der Waals surface area contributed by atoms with E-state index >= 15 is 0 Å². The van der Waals surface area contributed by atoms with Gasteiger partial charge in [0.1, 0.15) is 0 Å². The Hall–Kier alpha value is -3.14. The minimum Gasteiger partial charge on any atom is -0.477 e. The molecule has 2 unspecified atom stereocenters. The third kappa shape index (κ3) is 10.5. The first kappa shape index (κ1) is 33.9. The lowest BCUT2D eigenvalue weighted by molar-refractivity contribution is -0.166. The lowest BCUT2D eigenvalue weighted by atomic mass is 9.98. The maximum Gasteiger partial charge on any atom is 0.510 e. The number of carboxylic acids is 1. The van der Waals surface area contributed by atoms with Crippen molar-refractivity contribution in [3.05, 3.63) is 23.8 Å². The van der Waals surface area contributed by atoms with E-state index < -0.39 is 41.6 Å². The number of unbranched alkanes of at least 4 members (excludes halogenated alkanes) is 1. The standard InChI is InChI=1S/C29H45NO9/c1-10-11-14-36-28(35)39-29(27(33)34,30-19(6)7)16-22-12-13-23(37-25(31)20(8)17(2)3)24(15-22)38-26(32)21(9)18(4)5/h12-13,15,17-21,30H,10-11,14,16H2,1-9H3,(H,33,34)/t20?,21?,29-/m0/s1. The van der Waals surface area contributed by atoms with E-state index in [1.165, 1.54) is 18.2 Å². The molecule has 0 heterocycles. The molecule has 0 aliphatic carbocycles. The van der Waals surface area contributed by atoms with Crippen LogP contribution < -0.4 is 14.8 Å². The first-order chi connectivity index (χ1) is 18.1. The van der Waals surface area contributed by atoms with Crippen molar-refractivity contribution >= 4 is 24.1 Å². The summed E-state index contributed by atoms with van der Waals surface area (Å²) in [6, 6.07) is 3.99. The number of benzene rings is 1. The number of hydrogen-bond donors (Lipinski definition) is 2. The molecule has 10 heteroatoms. The number of nitrogens with one attached hydrogen (secondary N) is 1. The zero-order valence-electron chi connectivity index (χ0n) is 24.7. The zero-order chi connectivity index (χ0) is 29.9. The molecule has 0 aromatic heterocycles. The number of rotatable bonds is 15. The van der Waals surface area contributed by atoms with Crippen LogP contribution in [0, 0.1) is 23.7 Å². The Morgan fingerprint density at radius 1 is 0.872 bits per heavy atom. The van der Waals surface area contributed by atoms with Crippen molar-refractivity contribution in [3.63, 3.8) is 0 Å². The lowest BCUT2D eigenvalue weighted by Crippen LogP contribution is -2.59. The molecule has 1 aromatic rings. The van der Waals surface area contributed by atoms with Crippen LogP contribution in [-0.4, -0.2) is 47.5 Å². The van der Waals surface area contributed by atoms with Crippen molar-refractivity contribution in [1.29, 1.82) is 0 Å². The fourth-order valence-electron chi connectivity index (χ4n) is 3.30. The monoisotopic (exact) mass is 551 g/mol. The van der Waals surface area contributed by atoms with E-state index in [1.807, 2.05) is 34.6 Å². The molecule has 0 amide bonds. The third-order valence-electron chi connectivity index (χ3n) is 6.47. The Labute approximate surface area is 231 Å². The zero-order valence-corrected chi connectivity index (χ0v) is 24.7. The van der Waals surface area contributed by atoms with Crippen LogP contribution in [0.4, 0.5) is 4.79 Å². The van der Waals surface area contributed by atoms with Gasteiger partial charge in [0.25, 0.3) is 5.72 Å². The van der Waals surface area contributed by atoms with Crippen molar-refractivity contribution in [3.8, 4) is 11.5 Å². The summed E-state index contributed by atoms with van der Waals surface area (Å²) in [4.78, 5) is 50.3. The van der Waals surface area contributed by atoms with E-state index in [9.17, 15) is 24.3 Å². The Kier molecular flexibility index (Phi) is 13.4. The number of carbonyl (C=O) groups is 4. The molecule has 0 fully saturated rings.